The van der Waals surface area contributed by atoms with E-state index in [1.165, 1.54) is 23.9 Å². The Morgan fingerprint density at radius 3 is 2.89 bits per heavy atom. The van der Waals surface area contributed by atoms with Crippen LogP contribution < -0.4 is 16.0 Å². The van der Waals surface area contributed by atoms with Crippen LogP contribution in [0.15, 0.2) is 47.5 Å². The summed E-state index contributed by atoms with van der Waals surface area (Å²) in [6, 6.07) is 9.49. The van der Waals surface area contributed by atoms with Crippen molar-refractivity contribution in [3.63, 3.8) is 0 Å². The van der Waals surface area contributed by atoms with Crippen molar-refractivity contribution in [1.29, 1.82) is 0 Å². The number of pyridine rings is 1. The van der Waals surface area contributed by atoms with Crippen molar-refractivity contribution in [3.8, 4) is 17.0 Å². The second-order valence-corrected chi connectivity index (χ2v) is 10.6. The van der Waals surface area contributed by atoms with Crippen molar-refractivity contribution in [2.24, 2.45) is 20.0 Å². The molecular formula is C27H31N7O4. The van der Waals surface area contributed by atoms with Gasteiger partial charge in [0.25, 0.3) is 5.56 Å². The van der Waals surface area contributed by atoms with Gasteiger partial charge in [0.2, 0.25) is 11.8 Å². The predicted octanol–water partition coefficient (Wildman–Crippen LogP) is 2.31. The number of nitrogens with two attached hydrogens (primary N) is 1. The van der Waals surface area contributed by atoms with Crippen LogP contribution in [0.1, 0.15) is 29.6 Å². The number of carboxylic acids is 1. The van der Waals surface area contributed by atoms with Gasteiger partial charge in [-0.15, -0.1) is 0 Å². The zero-order valence-corrected chi connectivity index (χ0v) is 21.5. The number of nitrogen functional groups attached to an aromatic ring is 1. The lowest BCUT2D eigenvalue weighted by atomic mass is 9.90. The largest absolute Gasteiger partial charge is 0.478 e. The van der Waals surface area contributed by atoms with Crippen molar-refractivity contribution >= 4 is 23.0 Å². The lowest BCUT2D eigenvalue weighted by molar-refractivity contribution is 0.0696. The number of ether oxygens (including phenoxy) is 1. The lowest BCUT2D eigenvalue weighted by Crippen LogP contribution is -2.49. The van der Waals surface area contributed by atoms with Gasteiger partial charge in [-0.25, -0.2) is 14.5 Å². The number of carboxylic acid groups (broad SMARTS) is 1. The highest BCUT2D eigenvalue weighted by Crippen LogP contribution is 2.47. The molecule has 0 radical (unpaired) electrons. The monoisotopic (exact) mass is 517 g/mol. The molecular weight excluding hydrogens is 486 g/mol. The van der Waals surface area contributed by atoms with E-state index < -0.39 is 5.97 Å². The van der Waals surface area contributed by atoms with Gasteiger partial charge >= 0.3 is 5.97 Å². The summed E-state index contributed by atoms with van der Waals surface area (Å²) in [6.45, 7) is 2.95. The first-order chi connectivity index (χ1) is 18.3. The third kappa shape index (κ3) is 3.94. The van der Waals surface area contributed by atoms with E-state index in [1.54, 1.807) is 17.9 Å². The Hall–Kier alpha value is -4.12. The Bertz CT molecular complexity index is 1600. The van der Waals surface area contributed by atoms with E-state index in [1.807, 2.05) is 18.2 Å². The minimum absolute atomic E-state index is 0.0253. The number of aryl methyl sites for hydroxylation is 2. The minimum atomic E-state index is -1.10. The van der Waals surface area contributed by atoms with Crippen LogP contribution in [0.4, 0.5) is 5.95 Å². The summed E-state index contributed by atoms with van der Waals surface area (Å²) < 4.78 is 11.3. The van der Waals surface area contributed by atoms with E-state index in [9.17, 15) is 14.7 Å². The molecule has 2 bridgehead atoms. The van der Waals surface area contributed by atoms with Crippen molar-refractivity contribution in [1.82, 2.24) is 28.8 Å². The van der Waals surface area contributed by atoms with E-state index in [0.717, 1.165) is 43.4 Å². The van der Waals surface area contributed by atoms with Crippen LogP contribution in [0.2, 0.25) is 0 Å². The molecule has 6 rings (SSSR count). The van der Waals surface area contributed by atoms with Crippen LogP contribution in [0.3, 0.4) is 0 Å². The molecule has 4 aromatic rings. The van der Waals surface area contributed by atoms with E-state index in [2.05, 4.69) is 25.6 Å². The minimum Gasteiger partial charge on any atom is -0.478 e. The first kappa shape index (κ1) is 24.2. The number of fused-ring (bicyclic) bond motifs is 3. The van der Waals surface area contributed by atoms with Crippen molar-refractivity contribution < 1.29 is 14.6 Å². The topological polar surface area (TPSA) is 133 Å². The maximum absolute atomic E-state index is 12.8. The Morgan fingerprint density at radius 1 is 1.26 bits per heavy atom. The van der Waals surface area contributed by atoms with Gasteiger partial charge in [0.1, 0.15) is 6.61 Å². The zero-order chi connectivity index (χ0) is 26.6. The molecule has 198 valence electrons. The van der Waals surface area contributed by atoms with Crippen molar-refractivity contribution in [2.75, 3.05) is 32.0 Å². The molecule has 3 aromatic heterocycles. The Morgan fingerprint density at radius 2 is 2.08 bits per heavy atom. The second kappa shape index (κ2) is 9.02. The lowest BCUT2D eigenvalue weighted by Gasteiger charge is -2.42. The Labute approximate surface area is 219 Å². The molecule has 11 heteroatoms. The van der Waals surface area contributed by atoms with Gasteiger partial charge in [-0.2, -0.15) is 5.10 Å². The molecule has 1 saturated carbocycles. The molecule has 2 atom stereocenters. The molecule has 2 unspecified atom stereocenters. The van der Waals surface area contributed by atoms with Crippen molar-refractivity contribution in [2.45, 2.75) is 24.8 Å². The van der Waals surface area contributed by atoms with Crippen LogP contribution in [0.5, 0.6) is 5.88 Å². The van der Waals surface area contributed by atoms with Crippen LogP contribution in [0.25, 0.3) is 22.2 Å². The third-order valence-electron chi connectivity index (χ3n) is 8.03. The molecule has 3 N–H and O–H groups in total. The maximum atomic E-state index is 12.8. The third-order valence-corrected chi connectivity index (χ3v) is 8.03. The number of benzene rings is 1. The number of para-hydroxylation sites is 2. The van der Waals surface area contributed by atoms with Crippen LogP contribution in [0, 0.1) is 5.92 Å². The SMILES string of the molecule is Cn1ncc(-c2cc(C(=O)O)cn(C)c2=O)c1OCCN1CC2CCC(n3c(N)nc4ccccc43)(C2)C1. The molecule has 0 amide bonds. The van der Waals surface area contributed by atoms with Crippen LogP contribution in [-0.4, -0.2) is 66.1 Å². The van der Waals surface area contributed by atoms with Crippen molar-refractivity contribution in [3.05, 3.63) is 58.6 Å². The average Bonchev–Trinajstić information content (AvgIpc) is 3.52. The number of hydrogen-bond donors (Lipinski definition) is 2. The first-order valence-corrected chi connectivity index (χ1v) is 12.8. The second-order valence-electron chi connectivity index (χ2n) is 10.6. The first-order valence-electron chi connectivity index (χ1n) is 12.8. The molecule has 1 saturated heterocycles. The molecule has 1 aliphatic carbocycles. The summed E-state index contributed by atoms with van der Waals surface area (Å²) in [5.74, 6) is 0.477. The molecule has 2 aliphatic rings. The molecule has 2 fully saturated rings. The number of aromatic carboxylic acids is 1. The van der Waals surface area contributed by atoms with Gasteiger partial charge < -0.3 is 24.7 Å². The molecule has 4 heterocycles. The fraction of sp³-hybridized carbons (Fsp3) is 0.407. The maximum Gasteiger partial charge on any atom is 0.337 e. The standard InChI is InChI=1S/C27H31N7O4/c1-31-15-18(25(36)37)11-19(23(31)35)20-13-29-32(2)24(20)38-10-9-33-14-17-7-8-27(12-17,16-33)34-22-6-4-3-5-21(22)30-26(34)28/h3-6,11,13,15,17H,7-10,12,14,16H2,1-2H3,(H2,28,30)(H,36,37). The van der Waals surface area contributed by atoms with E-state index >= 15 is 0 Å². The number of likely N-dealkylation sites (tertiary alicyclic amines) is 1. The Balaban J connectivity index is 1.22. The quantitative estimate of drug-likeness (QED) is 0.382. The van der Waals surface area contributed by atoms with Gasteiger partial charge in [-0.1, -0.05) is 12.1 Å². The number of hydrogen-bond acceptors (Lipinski definition) is 7. The fourth-order valence-electron chi connectivity index (χ4n) is 6.42. The number of carbonyl (C=O) groups is 1. The van der Waals surface area contributed by atoms with Gasteiger partial charge in [0, 0.05) is 39.9 Å². The van der Waals surface area contributed by atoms with Gasteiger partial charge in [0.15, 0.2) is 0 Å². The summed E-state index contributed by atoms with van der Waals surface area (Å²) in [7, 11) is 3.28. The number of imidazole rings is 1. The fourth-order valence-corrected chi connectivity index (χ4v) is 6.42. The summed E-state index contributed by atoms with van der Waals surface area (Å²) in [6.07, 6.45) is 6.15. The summed E-state index contributed by atoms with van der Waals surface area (Å²) >= 11 is 0. The van der Waals surface area contributed by atoms with E-state index in [4.69, 9.17) is 10.5 Å². The molecule has 38 heavy (non-hydrogen) atoms. The van der Waals surface area contributed by atoms with Gasteiger partial charge in [0.05, 0.1) is 39.5 Å². The molecule has 0 spiro atoms. The highest BCUT2D eigenvalue weighted by Gasteiger charge is 2.47. The van der Waals surface area contributed by atoms with Gasteiger partial charge in [-0.05, 0) is 43.4 Å². The predicted molar refractivity (Wildman–Crippen MR) is 142 cm³/mol. The van der Waals surface area contributed by atoms with Gasteiger partial charge in [-0.3, -0.25) is 9.69 Å². The zero-order valence-electron chi connectivity index (χ0n) is 21.5. The Kier molecular flexibility index (Phi) is 5.75. The molecule has 1 aromatic carbocycles. The highest BCUT2D eigenvalue weighted by atomic mass is 16.5. The molecule has 1 aliphatic heterocycles. The highest BCUT2D eigenvalue weighted by molar-refractivity contribution is 5.89. The average molecular weight is 518 g/mol. The van der Waals surface area contributed by atoms with Crippen LogP contribution >= 0.6 is 0 Å². The summed E-state index contributed by atoms with van der Waals surface area (Å²) in [5, 5.41) is 13.7. The summed E-state index contributed by atoms with van der Waals surface area (Å²) in [5.41, 5.74) is 8.79. The number of piperidine rings is 1. The number of rotatable bonds is 7. The molecule has 11 nitrogen and oxygen atoms in total. The van der Waals surface area contributed by atoms with Crippen LogP contribution in [-0.2, 0) is 19.6 Å². The van der Waals surface area contributed by atoms with E-state index in [-0.39, 0.29) is 22.2 Å². The smallest absolute Gasteiger partial charge is 0.337 e. The summed E-state index contributed by atoms with van der Waals surface area (Å²) in [4.78, 5) is 31.4. The van der Waals surface area contributed by atoms with E-state index in [0.29, 0.717) is 36.5 Å². The number of nitrogens with zero attached hydrogens (tertiary/aromatic N) is 6. The number of aromatic nitrogens is 5. The normalized spacial score (nSPS) is 21.3. The number of anilines is 1.